The molecule has 10 heteroatoms. The second-order valence-electron chi connectivity index (χ2n) is 6.55. The van der Waals surface area contributed by atoms with E-state index in [2.05, 4.69) is 5.10 Å². The van der Waals surface area contributed by atoms with E-state index >= 15 is 0 Å². The van der Waals surface area contributed by atoms with E-state index in [0.717, 1.165) is 6.26 Å². The molecule has 0 radical (unpaired) electrons. The van der Waals surface area contributed by atoms with Crippen LogP contribution >= 0.6 is 11.6 Å². The molecule has 2 aromatic carbocycles. The minimum Gasteiger partial charge on any atom is -0.480 e. The molecule has 3 aromatic rings. The fourth-order valence-corrected chi connectivity index (χ4v) is 4.19. The van der Waals surface area contributed by atoms with Gasteiger partial charge < -0.3 is 5.11 Å². The van der Waals surface area contributed by atoms with Crippen LogP contribution < -0.4 is 0 Å². The first-order valence-corrected chi connectivity index (χ1v) is 10.9. The molecule has 0 fully saturated rings. The number of carboxylic acids is 1. The van der Waals surface area contributed by atoms with Gasteiger partial charge in [0, 0.05) is 29.1 Å². The summed E-state index contributed by atoms with van der Waals surface area (Å²) in [6.07, 6.45) is 1.09. The minimum absolute atomic E-state index is 0.0454. The van der Waals surface area contributed by atoms with Crippen LogP contribution in [0.2, 0.25) is 5.02 Å². The van der Waals surface area contributed by atoms with Crippen LogP contribution in [0.5, 0.6) is 0 Å². The quantitative estimate of drug-likeness (QED) is 0.609. The average Bonchev–Trinajstić information content (AvgIpc) is 2.95. The van der Waals surface area contributed by atoms with Gasteiger partial charge in [-0.1, -0.05) is 18.5 Å². The third kappa shape index (κ3) is 4.58. The summed E-state index contributed by atoms with van der Waals surface area (Å²) in [5.41, 5.74) is 1.88. The topological polar surface area (TPSA) is 92.5 Å². The maximum Gasteiger partial charge on any atom is 0.325 e. The van der Waals surface area contributed by atoms with E-state index in [-0.39, 0.29) is 19.6 Å². The summed E-state index contributed by atoms with van der Waals surface area (Å²) in [5.74, 6) is -1.58. The summed E-state index contributed by atoms with van der Waals surface area (Å²) in [4.78, 5) is 11.2. The van der Waals surface area contributed by atoms with E-state index in [1.54, 1.807) is 25.1 Å². The van der Waals surface area contributed by atoms with E-state index in [1.807, 2.05) is 0 Å². The predicted octanol–water partition coefficient (Wildman–Crippen LogP) is 3.36. The molecule has 3 rings (SSSR count). The lowest BCUT2D eigenvalue weighted by Crippen LogP contribution is -2.29. The van der Waals surface area contributed by atoms with Gasteiger partial charge in [0.15, 0.2) is 0 Å². The second-order valence-corrected chi connectivity index (χ2v) is 8.97. The molecule has 0 atom stereocenters. The van der Waals surface area contributed by atoms with Gasteiger partial charge in [-0.3, -0.25) is 9.48 Å². The van der Waals surface area contributed by atoms with Crippen molar-refractivity contribution in [2.45, 2.75) is 20.0 Å². The summed E-state index contributed by atoms with van der Waals surface area (Å²) in [7, 11) is -3.50. The number of carboxylic acid groups (broad SMARTS) is 1. The highest BCUT2D eigenvalue weighted by Gasteiger charge is 2.21. The molecule has 154 valence electrons. The van der Waals surface area contributed by atoms with Crippen LogP contribution in [0.15, 0.2) is 36.4 Å². The Morgan fingerprint density at radius 1 is 1.28 bits per heavy atom. The van der Waals surface area contributed by atoms with Gasteiger partial charge in [0.05, 0.1) is 11.8 Å². The molecule has 1 N–H and O–H groups in total. The van der Waals surface area contributed by atoms with Gasteiger partial charge in [-0.05, 0) is 42.0 Å². The molecule has 0 unspecified atom stereocenters. The Hall–Kier alpha value is -2.49. The van der Waals surface area contributed by atoms with Crippen LogP contribution in [-0.4, -0.2) is 46.4 Å². The highest BCUT2D eigenvalue weighted by molar-refractivity contribution is 7.88. The lowest BCUT2D eigenvalue weighted by Gasteiger charge is -2.19. The zero-order chi connectivity index (χ0) is 21.3. The molecule has 0 aliphatic rings. The summed E-state index contributed by atoms with van der Waals surface area (Å²) >= 11 is 6.12. The van der Waals surface area contributed by atoms with Crippen molar-refractivity contribution in [2.75, 3.05) is 12.8 Å². The molecular weight excluding hydrogens is 421 g/mol. The molecule has 29 heavy (non-hydrogen) atoms. The fourth-order valence-electron chi connectivity index (χ4n) is 3.18. The van der Waals surface area contributed by atoms with Gasteiger partial charge in [0.1, 0.15) is 18.1 Å². The molecule has 7 nitrogen and oxygen atoms in total. The SMILES string of the molecule is CCN(Cc1cc(F)ccc1-c1nn(CC(=O)O)c2ccc(Cl)cc12)S(C)(=O)=O. The molecule has 1 aromatic heterocycles. The van der Waals surface area contributed by atoms with Crippen molar-refractivity contribution in [3.05, 3.63) is 52.8 Å². The number of hydrogen-bond donors (Lipinski definition) is 1. The number of benzene rings is 2. The van der Waals surface area contributed by atoms with Crippen molar-refractivity contribution in [3.8, 4) is 11.3 Å². The van der Waals surface area contributed by atoms with E-state index in [4.69, 9.17) is 11.6 Å². The van der Waals surface area contributed by atoms with Crippen molar-refractivity contribution in [2.24, 2.45) is 0 Å². The van der Waals surface area contributed by atoms with Crippen LogP contribution in [0.4, 0.5) is 4.39 Å². The number of aromatic nitrogens is 2. The zero-order valence-corrected chi connectivity index (χ0v) is 17.3. The van der Waals surface area contributed by atoms with Crippen LogP contribution in [0.25, 0.3) is 22.2 Å². The Kier molecular flexibility index (Phi) is 5.92. The Morgan fingerprint density at radius 2 is 2.00 bits per heavy atom. The van der Waals surface area contributed by atoms with Gasteiger partial charge in [-0.15, -0.1) is 0 Å². The smallest absolute Gasteiger partial charge is 0.325 e. The van der Waals surface area contributed by atoms with E-state index in [0.29, 0.717) is 32.7 Å². The summed E-state index contributed by atoms with van der Waals surface area (Å²) < 4.78 is 40.5. The Bertz CT molecular complexity index is 1190. The first kappa shape index (κ1) is 21.2. The summed E-state index contributed by atoms with van der Waals surface area (Å²) in [5, 5.41) is 14.6. The van der Waals surface area contributed by atoms with Crippen molar-refractivity contribution >= 4 is 38.5 Å². The number of rotatable bonds is 7. The molecule has 0 aliphatic heterocycles. The fraction of sp³-hybridized carbons (Fsp3) is 0.263. The normalized spacial score (nSPS) is 12.0. The van der Waals surface area contributed by atoms with Crippen molar-refractivity contribution in [1.29, 1.82) is 0 Å². The van der Waals surface area contributed by atoms with Crippen LogP contribution in [0.1, 0.15) is 12.5 Å². The average molecular weight is 440 g/mol. The first-order chi connectivity index (χ1) is 13.6. The third-order valence-electron chi connectivity index (χ3n) is 4.49. The number of fused-ring (bicyclic) bond motifs is 1. The molecule has 0 bridgehead atoms. The molecular formula is C19H19ClFN3O4S. The maximum atomic E-state index is 14.0. The number of hydrogen-bond acceptors (Lipinski definition) is 4. The van der Waals surface area contributed by atoms with Crippen LogP contribution in [0, 0.1) is 5.82 Å². The number of nitrogens with zero attached hydrogens (tertiary/aromatic N) is 3. The number of halogens is 2. The van der Waals surface area contributed by atoms with Crippen molar-refractivity contribution in [3.63, 3.8) is 0 Å². The van der Waals surface area contributed by atoms with Gasteiger partial charge in [0.2, 0.25) is 10.0 Å². The lowest BCUT2D eigenvalue weighted by atomic mass is 10.0. The zero-order valence-electron chi connectivity index (χ0n) is 15.8. The molecule has 0 aliphatic carbocycles. The Morgan fingerprint density at radius 3 is 2.62 bits per heavy atom. The number of carbonyl (C=O) groups is 1. The predicted molar refractivity (Wildman–Crippen MR) is 109 cm³/mol. The van der Waals surface area contributed by atoms with E-state index in [1.165, 1.54) is 27.2 Å². The molecule has 0 amide bonds. The maximum absolute atomic E-state index is 14.0. The van der Waals surface area contributed by atoms with Gasteiger partial charge in [-0.2, -0.15) is 9.40 Å². The molecule has 1 heterocycles. The Balaban J connectivity index is 2.22. The van der Waals surface area contributed by atoms with Crippen molar-refractivity contribution in [1.82, 2.24) is 14.1 Å². The standard InChI is InChI=1S/C19H19ClFN3O4S/c1-3-23(29(2,27)28)10-12-8-14(21)5-6-15(12)19-16-9-13(20)4-7-17(16)24(22-19)11-18(25)26/h4-9H,3,10-11H2,1-2H3,(H,25,26). The van der Waals surface area contributed by atoms with Gasteiger partial charge in [0.25, 0.3) is 0 Å². The summed E-state index contributed by atoms with van der Waals surface area (Å²) in [6, 6.07) is 8.96. The molecule has 0 saturated carbocycles. The van der Waals surface area contributed by atoms with Gasteiger partial charge >= 0.3 is 5.97 Å². The Labute approximate surface area is 172 Å². The second kappa shape index (κ2) is 8.10. The van der Waals surface area contributed by atoms with Crippen LogP contribution in [0.3, 0.4) is 0 Å². The molecule has 0 spiro atoms. The summed E-state index contributed by atoms with van der Waals surface area (Å²) in [6.45, 7) is 1.50. The minimum atomic E-state index is -3.50. The highest BCUT2D eigenvalue weighted by atomic mass is 35.5. The van der Waals surface area contributed by atoms with Crippen molar-refractivity contribution < 1.29 is 22.7 Å². The highest BCUT2D eigenvalue weighted by Crippen LogP contribution is 2.33. The van der Waals surface area contributed by atoms with E-state index < -0.39 is 21.8 Å². The first-order valence-electron chi connectivity index (χ1n) is 8.72. The number of aliphatic carboxylic acids is 1. The third-order valence-corrected chi connectivity index (χ3v) is 6.05. The molecule has 0 saturated heterocycles. The van der Waals surface area contributed by atoms with E-state index in [9.17, 15) is 22.7 Å². The lowest BCUT2D eigenvalue weighted by molar-refractivity contribution is -0.137. The largest absolute Gasteiger partial charge is 0.480 e. The van der Waals surface area contributed by atoms with Crippen LogP contribution in [-0.2, 0) is 27.9 Å². The number of sulfonamides is 1. The monoisotopic (exact) mass is 439 g/mol. The van der Waals surface area contributed by atoms with Gasteiger partial charge in [-0.25, -0.2) is 12.8 Å².